The highest BCUT2D eigenvalue weighted by Crippen LogP contribution is 2.13. The third-order valence-electron chi connectivity index (χ3n) is 1.37. The first kappa shape index (κ1) is 9.51. The Morgan fingerprint density at radius 1 is 1.44 bits per heavy atom. The molecule has 0 spiro atoms. The maximum Gasteiger partial charge on any atom is 0.0450 e. The van der Waals surface area contributed by atoms with Gasteiger partial charge in [-0.3, -0.25) is 0 Å². The van der Waals surface area contributed by atoms with E-state index in [1.807, 2.05) is 0 Å². The van der Waals surface area contributed by atoms with E-state index in [0.717, 1.165) is 0 Å². The van der Waals surface area contributed by atoms with Gasteiger partial charge < -0.3 is 0 Å². The summed E-state index contributed by atoms with van der Waals surface area (Å²) >= 11 is 6.03. The standard InChI is InChI=1S/C7H17ClSi/c1-4-5-6-9-7(2,3)8/h4-6,9H2,1-3H3. The summed E-state index contributed by atoms with van der Waals surface area (Å²) in [6, 6.07) is 1.41. The molecule has 0 aliphatic carbocycles. The molecule has 0 radical (unpaired) electrons. The van der Waals surface area contributed by atoms with E-state index in [2.05, 4.69) is 20.8 Å². The van der Waals surface area contributed by atoms with Crippen molar-refractivity contribution in [1.29, 1.82) is 0 Å². The minimum Gasteiger partial charge on any atom is -0.124 e. The maximum absolute atomic E-state index is 6.03. The van der Waals surface area contributed by atoms with Crippen LogP contribution in [0.3, 0.4) is 0 Å². The zero-order chi connectivity index (χ0) is 7.33. The number of alkyl halides is 1. The molecule has 0 heterocycles. The molecular weight excluding hydrogens is 148 g/mol. The summed E-state index contributed by atoms with van der Waals surface area (Å²) in [4.78, 5) is 0. The van der Waals surface area contributed by atoms with Gasteiger partial charge in [0.1, 0.15) is 0 Å². The van der Waals surface area contributed by atoms with Gasteiger partial charge in [-0.2, -0.15) is 0 Å². The van der Waals surface area contributed by atoms with Crippen LogP contribution in [-0.4, -0.2) is 14.0 Å². The van der Waals surface area contributed by atoms with Crippen molar-refractivity contribution in [3.05, 3.63) is 0 Å². The van der Waals surface area contributed by atoms with Crippen molar-refractivity contribution < 1.29 is 0 Å². The smallest absolute Gasteiger partial charge is 0.0450 e. The third-order valence-corrected chi connectivity index (χ3v) is 3.98. The van der Waals surface area contributed by atoms with Crippen molar-refractivity contribution in [1.82, 2.24) is 0 Å². The van der Waals surface area contributed by atoms with Crippen molar-refractivity contribution >= 4 is 21.1 Å². The molecule has 9 heavy (non-hydrogen) atoms. The molecule has 0 aliphatic rings. The summed E-state index contributed by atoms with van der Waals surface area (Å²) in [5.41, 5.74) is 0. The molecule has 0 aromatic carbocycles. The van der Waals surface area contributed by atoms with Gasteiger partial charge in [0, 0.05) is 14.0 Å². The molecule has 0 fully saturated rings. The molecule has 0 rings (SSSR count). The highest BCUT2D eigenvalue weighted by molar-refractivity contribution is 6.56. The fourth-order valence-electron chi connectivity index (χ4n) is 0.795. The van der Waals surface area contributed by atoms with E-state index in [1.165, 1.54) is 18.9 Å². The second-order valence-electron chi connectivity index (χ2n) is 3.18. The molecule has 0 nitrogen and oxygen atoms in total. The van der Waals surface area contributed by atoms with E-state index >= 15 is 0 Å². The Morgan fingerprint density at radius 3 is 2.33 bits per heavy atom. The SMILES string of the molecule is CCCC[SiH2]C(C)(C)Cl. The summed E-state index contributed by atoms with van der Waals surface area (Å²) in [6.45, 7) is 6.50. The lowest BCUT2D eigenvalue weighted by Crippen LogP contribution is -2.19. The second kappa shape index (κ2) is 4.34. The van der Waals surface area contributed by atoms with Crippen LogP contribution in [0.15, 0.2) is 0 Å². The van der Waals surface area contributed by atoms with Crippen LogP contribution in [0.1, 0.15) is 33.6 Å². The number of unbranched alkanes of at least 4 members (excludes halogenated alkanes) is 1. The first-order valence-corrected chi connectivity index (χ1v) is 5.83. The van der Waals surface area contributed by atoms with Gasteiger partial charge in [0.25, 0.3) is 0 Å². The summed E-state index contributed by atoms with van der Waals surface area (Å²) in [7, 11) is 0.00407. The first-order chi connectivity index (χ1) is 4.06. The Kier molecular flexibility index (Phi) is 4.59. The van der Waals surface area contributed by atoms with Crippen molar-refractivity contribution in [3.8, 4) is 0 Å². The van der Waals surface area contributed by atoms with Gasteiger partial charge in [0.15, 0.2) is 0 Å². The van der Waals surface area contributed by atoms with Gasteiger partial charge in [0.05, 0.1) is 0 Å². The van der Waals surface area contributed by atoms with Crippen molar-refractivity contribution in [2.45, 2.75) is 44.2 Å². The Morgan fingerprint density at radius 2 is 2.00 bits per heavy atom. The van der Waals surface area contributed by atoms with Crippen LogP contribution in [-0.2, 0) is 0 Å². The molecule has 0 amide bonds. The highest BCUT2D eigenvalue weighted by atomic mass is 35.5. The topological polar surface area (TPSA) is 0 Å². The second-order valence-corrected chi connectivity index (χ2v) is 7.62. The van der Waals surface area contributed by atoms with Crippen LogP contribution >= 0.6 is 11.6 Å². The fourth-order valence-corrected chi connectivity index (χ4v) is 2.79. The fraction of sp³-hybridized carbons (Fsp3) is 1.00. The Bertz CT molecular complexity index is 65.8. The summed E-state index contributed by atoms with van der Waals surface area (Å²) in [5.74, 6) is 0. The average molecular weight is 165 g/mol. The number of hydrogen-bond donors (Lipinski definition) is 0. The van der Waals surface area contributed by atoms with Gasteiger partial charge in [0.2, 0.25) is 0 Å². The van der Waals surface area contributed by atoms with Gasteiger partial charge in [-0.1, -0.05) is 25.8 Å². The van der Waals surface area contributed by atoms with Crippen LogP contribution in [0.5, 0.6) is 0 Å². The lowest BCUT2D eigenvalue weighted by Gasteiger charge is -2.13. The molecule has 0 saturated heterocycles. The molecule has 0 bridgehead atoms. The minimum atomic E-state index is 0.00407. The zero-order valence-corrected chi connectivity index (χ0v) is 8.88. The molecule has 0 atom stereocenters. The predicted octanol–water partition coefficient (Wildman–Crippen LogP) is 2.35. The molecule has 56 valence electrons. The molecule has 0 aromatic heterocycles. The van der Waals surface area contributed by atoms with Crippen LogP contribution in [0, 0.1) is 0 Å². The summed E-state index contributed by atoms with van der Waals surface area (Å²) in [5, 5.41) is 0. The molecule has 0 N–H and O–H groups in total. The van der Waals surface area contributed by atoms with Crippen molar-refractivity contribution in [3.63, 3.8) is 0 Å². The lowest BCUT2D eigenvalue weighted by atomic mass is 10.4. The molecule has 2 heteroatoms. The Hall–Kier alpha value is 0.507. The van der Waals surface area contributed by atoms with Gasteiger partial charge in [-0.25, -0.2) is 0 Å². The summed E-state index contributed by atoms with van der Waals surface area (Å²) < 4.78 is 0.162. The maximum atomic E-state index is 6.03. The van der Waals surface area contributed by atoms with Gasteiger partial charge in [-0.15, -0.1) is 11.6 Å². The van der Waals surface area contributed by atoms with E-state index in [0.29, 0.717) is 0 Å². The average Bonchev–Trinajstić information content (AvgIpc) is 1.63. The van der Waals surface area contributed by atoms with E-state index < -0.39 is 0 Å². The number of hydrogen-bond acceptors (Lipinski definition) is 0. The quantitative estimate of drug-likeness (QED) is 0.340. The number of rotatable bonds is 4. The monoisotopic (exact) mass is 164 g/mol. The molecule has 0 aromatic rings. The van der Waals surface area contributed by atoms with Crippen LogP contribution < -0.4 is 0 Å². The van der Waals surface area contributed by atoms with Gasteiger partial charge >= 0.3 is 0 Å². The lowest BCUT2D eigenvalue weighted by molar-refractivity contribution is 0.858. The van der Waals surface area contributed by atoms with E-state index in [1.54, 1.807) is 0 Å². The minimum absolute atomic E-state index is 0.00407. The third kappa shape index (κ3) is 8.51. The largest absolute Gasteiger partial charge is 0.124 e. The normalized spacial score (nSPS) is 13.3. The Balaban J connectivity index is 3.07. The van der Waals surface area contributed by atoms with E-state index in [9.17, 15) is 0 Å². The zero-order valence-electron chi connectivity index (χ0n) is 6.71. The highest BCUT2D eigenvalue weighted by Gasteiger charge is 2.11. The molecular formula is C7H17ClSi. The molecule has 0 aliphatic heterocycles. The van der Waals surface area contributed by atoms with Crippen LogP contribution in [0.4, 0.5) is 0 Å². The van der Waals surface area contributed by atoms with E-state index in [4.69, 9.17) is 11.6 Å². The van der Waals surface area contributed by atoms with Crippen LogP contribution in [0.25, 0.3) is 0 Å². The van der Waals surface area contributed by atoms with E-state index in [-0.39, 0.29) is 14.0 Å². The van der Waals surface area contributed by atoms with Crippen LogP contribution in [0.2, 0.25) is 6.04 Å². The molecule has 0 saturated carbocycles. The van der Waals surface area contributed by atoms with Crippen molar-refractivity contribution in [2.75, 3.05) is 0 Å². The Labute approximate surface area is 65.8 Å². The predicted molar refractivity (Wildman–Crippen MR) is 48.2 cm³/mol. The number of halogens is 1. The molecule has 0 unspecified atom stereocenters. The van der Waals surface area contributed by atoms with Gasteiger partial charge in [-0.05, 0) is 13.8 Å². The van der Waals surface area contributed by atoms with Crippen molar-refractivity contribution in [2.24, 2.45) is 0 Å². The first-order valence-electron chi connectivity index (χ1n) is 3.75. The summed E-state index contributed by atoms with van der Waals surface area (Å²) in [6.07, 6.45) is 2.70.